The van der Waals surface area contributed by atoms with Gasteiger partial charge in [-0.3, -0.25) is 4.79 Å². The first-order valence-electron chi connectivity index (χ1n) is 6.56. The van der Waals surface area contributed by atoms with Gasteiger partial charge in [-0.25, -0.2) is 0 Å². The highest BCUT2D eigenvalue weighted by Gasteiger charge is 2.19. The Morgan fingerprint density at radius 3 is 2.65 bits per heavy atom. The molecule has 2 aromatic rings. The monoisotopic (exact) mass is 290 g/mol. The highest BCUT2D eigenvalue weighted by molar-refractivity contribution is 7.99. The number of hydrogen-bond acceptors (Lipinski definition) is 4. The zero-order valence-corrected chi connectivity index (χ0v) is 12.2. The number of thioether (sulfide) groups is 1. The molecule has 3 nitrogen and oxygen atoms in total. The lowest BCUT2D eigenvalue weighted by Gasteiger charge is -2.13. The summed E-state index contributed by atoms with van der Waals surface area (Å²) in [5.74, 6) is 1.47. The van der Waals surface area contributed by atoms with Crippen molar-refractivity contribution in [2.75, 3.05) is 12.4 Å². The Hall–Kier alpha value is -1.52. The lowest BCUT2D eigenvalue weighted by molar-refractivity contribution is 0.0980. The molecule has 2 rings (SSSR count). The van der Waals surface area contributed by atoms with Crippen LogP contribution in [-0.4, -0.2) is 23.2 Å². The Bertz CT molecular complexity index is 531. The van der Waals surface area contributed by atoms with Crippen LogP contribution in [0.2, 0.25) is 0 Å². The van der Waals surface area contributed by atoms with E-state index in [1.807, 2.05) is 43.3 Å². The number of furan rings is 1. The van der Waals surface area contributed by atoms with Gasteiger partial charge in [-0.1, -0.05) is 29.8 Å². The van der Waals surface area contributed by atoms with E-state index >= 15 is 0 Å². The molecule has 0 saturated carbocycles. The van der Waals surface area contributed by atoms with E-state index in [9.17, 15) is 4.79 Å². The second-order valence-electron chi connectivity index (χ2n) is 4.59. The van der Waals surface area contributed by atoms with Crippen molar-refractivity contribution in [3.8, 4) is 0 Å². The van der Waals surface area contributed by atoms with E-state index in [0.717, 1.165) is 16.9 Å². The van der Waals surface area contributed by atoms with Crippen LogP contribution in [0.5, 0.6) is 0 Å². The summed E-state index contributed by atoms with van der Waals surface area (Å²) in [6.07, 6.45) is 1.99. The molecule has 0 aliphatic carbocycles. The first kappa shape index (κ1) is 14.9. The van der Waals surface area contributed by atoms with Gasteiger partial charge in [0, 0.05) is 17.7 Å². The first-order valence-corrected chi connectivity index (χ1v) is 7.61. The fourth-order valence-corrected chi connectivity index (χ4v) is 2.89. The minimum absolute atomic E-state index is 0.0500. The average molecular weight is 290 g/mol. The molecule has 0 aliphatic heterocycles. The van der Waals surface area contributed by atoms with E-state index in [4.69, 9.17) is 9.52 Å². The molecular formula is C16H18O3S. The summed E-state index contributed by atoms with van der Waals surface area (Å²) in [5, 5.41) is 8.91. The minimum Gasteiger partial charge on any atom is -0.468 e. The summed E-state index contributed by atoms with van der Waals surface area (Å²) in [5.41, 5.74) is 1.86. The predicted octanol–water partition coefficient (Wildman–Crippen LogP) is 3.63. The van der Waals surface area contributed by atoms with Crippen molar-refractivity contribution in [2.45, 2.75) is 18.6 Å². The summed E-state index contributed by atoms with van der Waals surface area (Å²) in [7, 11) is 0. The normalized spacial score (nSPS) is 12.3. The van der Waals surface area contributed by atoms with Crippen molar-refractivity contribution in [3.05, 3.63) is 59.5 Å². The van der Waals surface area contributed by atoms with E-state index < -0.39 is 0 Å². The number of rotatable bonds is 7. The molecule has 0 amide bonds. The maximum atomic E-state index is 12.3. The second-order valence-corrected chi connectivity index (χ2v) is 5.90. The number of ketones is 1. The van der Waals surface area contributed by atoms with Gasteiger partial charge < -0.3 is 9.52 Å². The average Bonchev–Trinajstić information content (AvgIpc) is 2.98. The van der Waals surface area contributed by atoms with Crippen molar-refractivity contribution in [3.63, 3.8) is 0 Å². The lowest BCUT2D eigenvalue weighted by atomic mass is 10.0. The fourth-order valence-electron chi connectivity index (χ4n) is 1.94. The van der Waals surface area contributed by atoms with Gasteiger partial charge in [0.2, 0.25) is 0 Å². The third-order valence-corrected chi connectivity index (χ3v) is 4.23. The molecule has 0 spiro atoms. The minimum atomic E-state index is -0.0500. The van der Waals surface area contributed by atoms with Crippen LogP contribution in [-0.2, 0) is 0 Å². The number of aliphatic hydroxyl groups is 1. The van der Waals surface area contributed by atoms with Crippen LogP contribution in [0.3, 0.4) is 0 Å². The number of hydrogen-bond donors (Lipinski definition) is 1. The topological polar surface area (TPSA) is 50.4 Å². The third kappa shape index (κ3) is 3.99. The first-order chi connectivity index (χ1) is 9.70. The van der Waals surface area contributed by atoms with Gasteiger partial charge in [-0.15, -0.1) is 11.8 Å². The molecule has 0 bridgehead atoms. The molecule has 1 atom stereocenters. The van der Waals surface area contributed by atoms with E-state index in [-0.39, 0.29) is 17.6 Å². The predicted molar refractivity (Wildman–Crippen MR) is 81.1 cm³/mol. The van der Waals surface area contributed by atoms with Crippen LogP contribution in [0.1, 0.15) is 33.4 Å². The Balaban J connectivity index is 2.07. The molecule has 20 heavy (non-hydrogen) atoms. The smallest absolute Gasteiger partial charge is 0.164 e. The number of aliphatic hydroxyl groups excluding tert-OH is 1. The van der Waals surface area contributed by atoms with Gasteiger partial charge in [0.1, 0.15) is 5.76 Å². The zero-order chi connectivity index (χ0) is 14.4. The van der Waals surface area contributed by atoms with Gasteiger partial charge in [0.25, 0.3) is 0 Å². The van der Waals surface area contributed by atoms with E-state index in [1.165, 1.54) is 0 Å². The number of benzene rings is 1. The summed E-state index contributed by atoms with van der Waals surface area (Å²) in [6.45, 7) is 2.09. The van der Waals surface area contributed by atoms with Gasteiger partial charge in [0.05, 0.1) is 18.1 Å². The van der Waals surface area contributed by atoms with Gasteiger partial charge in [-0.2, -0.15) is 0 Å². The Kier molecular flexibility index (Phi) is 5.44. The molecule has 1 aromatic heterocycles. The van der Waals surface area contributed by atoms with Gasteiger partial charge in [0.15, 0.2) is 5.78 Å². The fraction of sp³-hybridized carbons (Fsp3) is 0.312. The number of aryl methyl sites for hydroxylation is 1. The van der Waals surface area contributed by atoms with Crippen LogP contribution >= 0.6 is 11.8 Å². The second kappa shape index (κ2) is 7.31. The van der Waals surface area contributed by atoms with Gasteiger partial charge in [-0.05, 0) is 19.1 Å². The van der Waals surface area contributed by atoms with Crippen LogP contribution in [0.15, 0.2) is 47.1 Å². The molecule has 1 N–H and O–H groups in total. The maximum Gasteiger partial charge on any atom is 0.164 e. The molecule has 1 heterocycles. The van der Waals surface area contributed by atoms with Crippen LogP contribution in [0.25, 0.3) is 0 Å². The van der Waals surface area contributed by atoms with Crippen LogP contribution in [0.4, 0.5) is 0 Å². The van der Waals surface area contributed by atoms with E-state index in [0.29, 0.717) is 12.2 Å². The molecule has 0 unspecified atom stereocenters. The maximum absolute atomic E-state index is 12.3. The van der Waals surface area contributed by atoms with Crippen LogP contribution < -0.4 is 0 Å². The molecule has 4 heteroatoms. The summed E-state index contributed by atoms with van der Waals surface area (Å²) in [6, 6.07) is 11.3. The Morgan fingerprint density at radius 2 is 2.05 bits per heavy atom. The number of Topliss-reactive ketones (excluding diaryl/α,β-unsaturated/α-hetero) is 1. The van der Waals surface area contributed by atoms with E-state index in [2.05, 4.69) is 0 Å². The molecule has 106 valence electrons. The number of carbonyl (C=O) groups excluding carboxylic acids is 1. The highest BCUT2D eigenvalue weighted by Crippen LogP contribution is 2.33. The standard InChI is InChI=1S/C16H18O3S/c1-12-4-6-13(7-5-12)14(18)11-16(20-10-8-17)15-3-2-9-19-15/h2-7,9,16-17H,8,10-11H2,1H3/t16-/m1/s1. The largest absolute Gasteiger partial charge is 0.468 e. The highest BCUT2D eigenvalue weighted by atomic mass is 32.2. The molecular weight excluding hydrogens is 272 g/mol. The van der Waals surface area contributed by atoms with Crippen molar-refractivity contribution in [1.29, 1.82) is 0 Å². The Labute approximate surface area is 123 Å². The molecule has 1 aromatic carbocycles. The molecule has 0 saturated heterocycles. The molecule has 0 aliphatic rings. The molecule has 0 fully saturated rings. The Morgan fingerprint density at radius 1 is 1.30 bits per heavy atom. The lowest BCUT2D eigenvalue weighted by Crippen LogP contribution is -2.06. The SMILES string of the molecule is Cc1ccc(C(=O)C[C@@H](SCCO)c2ccco2)cc1. The zero-order valence-electron chi connectivity index (χ0n) is 11.4. The van der Waals surface area contributed by atoms with Crippen molar-refractivity contribution in [1.82, 2.24) is 0 Å². The van der Waals surface area contributed by atoms with Crippen LogP contribution in [0, 0.1) is 6.92 Å². The van der Waals surface area contributed by atoms with Crippen molar-refractivity contribution >= 4 is 17.5 Å². The summed E-state index contributed by atoms with van der Waals surface area (Å²) >= 11 is 1.54. The third-order valence-electron chi connectivity index (χ3n) is 3.02. The van der Waals surface area contributed by atoms with Crippen molar-refractivity contribution in [2.24, 2.45) is 0 Å². The van der Waals surface area contributed by atoms with Gasteiger partial charge >= 0.3 is 0 Å². The molecule has 0 radical (unpaired) electrons. The quantitative estimate of drug-likeness (QED) is 0.791. The van der Waals surface area contributed by atoms with Crippen molar-refractivity contribution < 1.29 is 14.3 Å². The summed E-state index contributed by atoms with van der Waals surface area (Å²) < 4.78 is 5.39. The summed E-state index contributed by atoms with van der Waals surface area (Å²) in [4.78, 5) is 12.3. The van der Waals surface area contributed by atoms with E-state index in [1.54, 1.807) is 18.0 Å². The number of carbonyl (C=O) groups is 1.